The van der Waals surface area contributed by atoms with Crippen LogP contribution in [0.5, 0.6) is 17.2 Å². The first-order chi connectivity index (χ1) is 15.3. The van der Waals surface area contributed by atoms with Crippen LogP contribution < -0.4 is 14.2 Å². The van der Waals surface area contributed by atoms with Crippen molar-refractivity contribution in [2.45, 2.75) is 37.8 Å². The zero-order valence-electron chi connectivity index (χ0n) is 17.7. The van der Waals surface area contributed by atoms with Gasteiger partial charge in [0.15, 0.2) is 24.7 Å². The lowest BCUT2D eigenvalue weighted by atomic mass is 10.2. The van der Waals surface area contributed by atoms with Crippen molar-refractivity contribution in [3.63, 3.8) is 0 Å². The van der Waals surface area contributed by atoms with Gasteiger partial charge >= 0.3 is 11.9 Å². The van der Waals surface area contributed by atoms with Crippen LogP contribution in [0.15, 0.2) is 18.2 Å². The average molecular weight is 450 g/mol. The molecule has 32 heavy (non-hydrogen) atoms. The number of methoxy groups -OCH3 is 1. The summed E-state index contributed by atoms with van der Waals surface area (Å²) in [5.74, 6) is -2.07. The molecule has 11 nitrogen and oxygen atoms in total. The fourth-order valence-corrected chi connectivity index (χ4v) is 3.95. The second-order valence-corrected chi connectivity index (χ2v) is 7.56. The van der Waals surface area contributed by atoms with Crippen LogP contribution in [0.2, 0.25) is 0 Å². The van der Waals surface area contributed by atoms with Crippen molar-refractivity contribution in [2.24, 2.45) is 0 Å². The van der Waals surface area contributed by atoms with E-state index >= 15 is 0 Å². The van der Waals surface area contributed by atoms with Crippen LogP contribution in [0, 0.1) is 0 Å². The van der Waals surface area contributed by atoms with Gasteiger partial charge in [-0.1, -0.05) is 0 Å². The van der Waals surface area contributed by atoms with Crippen molar-refractivity contribution < 1.29 is 43.6 Å². The van der Waals surface area contributed by atoms with Crippen molar-refractivity contribution in [3.8, 4) is 17.2 Å². The van der Waals surface area contributed by atoms with Crippen LogP contribution >= 0.6 is 0 Å². The van der Waals surface area contributed by atoms with Gasteiger partial charge in [-0.15, -0.1) is 0 Å². The van der Waals surface area contributed by atoms with E-state index in [2.05, 4.69) is 0 Å². The van der Waals surface area contributed by atoms with Crippen LogP contribution in [-0.4, -0.2) is 89.3 Å². The van der Waals surface area contributed by atoms with Crippen LogP contribution in [-0.2, 0) is 19.2 Å². The Labute approximate surface area is 184 Å². The minimum Gasteiger partial charge on any atom is -0.493 e. The van der Waals surface area contributed by atoms with Gasteiger partial charge in [0, 0.05) is 19.2 Å². The summed E-state index contributed by atoms with van der Waals surface area (Å²) >= 11 is 0. The molecule has 1 aromatic carbocycles. The van der Waals surface area contributed by atoms with Crippen molar-refractivity contribution >= 4 is 23.8 Å². The molecular weight excluding hydrogens is 424 g/mol. The van der Waals surface area contributed by atoms with E-state index in [1.165, 1.54) is 35.1 Å². The summed E-state index contributed by atoms with van der Waals surface area (Å²) in [4.78, 5) is 49.8. The van der Waals surface area contributed by atoms with Gasteiger partial charge in [0.25, 0.3) is 11.8 Å². The number of carboxylic acids is 2. The molecule has 2 heterocycles. The Balaban J connectivity index is 1.56. The van der Waals surface area contributed by atoms with Crippen molar-refractivity contribution in [1.82, 2.24) is 9.80 Å². The molecule has 0 aromatic heterocycles. The Morgan fingerprint density at radius 1 is 0.875 bits per heavy atom. The van der Waals surface area contributed by atoms with Crippen molar-refractivity contribution in [3.05, 3.63) is 18.2 Å². The summed E-state index contributed by atoms with van der Waals surface area (Å²) in [5, 5.41) is 18.4. The fourth-order valence-electron chi connectivity index (χ4n) is 3.95. The lowest BCUT2D eigenvalue weighted by molar-refractivity contribution is -0.149. The molecule has 0 spiro atoms. The molecule has 2 saturated heterocycles. The highest BCUT2D eigenvalue weighted by Gasteiger charge is 2.35. The Bertz CT molecular complexity index is 888. The van der Waals surface area contributed by atoms with Gasteiger partial charge in [-0.25, -0.2) is 9.59 Å². The summed E-state index contributed by atoms with van der Waals surface area (Å²) in [7, 11) is 1.40. The maximum Gasteiger partial charge on any atom is 0.326 e. The van der Waals surface area contributed by atoms with E-state index in [9.17, 15) is 29.4 Å². The Morgan fingerprint density at radius 3 is 1.91 bits per heavy atom. The third-order valence-corrected chi connectivity index (χ3v) is 5.56. The first kappa shape index (κ1) is 23.2. The molecule has 2 aliphatic rings. The molecule has 2 fully saturated rings. The molecule has 3 rings (SSSR count). The number of carbonyl (C=O) groups is 4. The van der Waals surface area contributed by atoms with Crippen LogP contribution in [0.25, 0.3) is 0 Å². The number of hydrogen-bond donors (Lipinski definition) is 2. The van der Waals surface area contributed by atoms with Gasteiger partial charge in [-0.3, -0.25) is 9.59 Å². The fraction of sp³-hybridized carbons (Fsp3) is 0.524. The molecule has 2 N–H and O–H groups in total. The molecule has 11 heteroatoms. The molecule has 0 bridgehead atoms. The summed E-state index contributed by atoms with van der Waals surface area (Å²) < 4.78 is 16.3. The maximum absolute atomic E-state index is 12.4. The normalized spacial score (nSPS) is 20.2. The third-order valence-electron chi connectivity index (χ3n) is 5.56. The van der Waals surface area contributed by atoms with Gasteiger partial charge in [0.1, 0.15) is 17.8 Å². The van der Waals surface area contributed by atoms with Gasteiger partial charge in [0.05, 0.1) is 7.11 Å². The second-order valence-electron chi connectivity index (χ2n) is 7.56. The number of amides is 2. The molecule has 2 amide bonds. The highest BCUT2D eigenvalue weighted by molar-refractivity contribution is 5.86. The molecule has 0 radical (unpaired) electrons. The number of carbonyl (C=O) groups excluding carboxylic acids is 2. The average Bonchev–Trinajstić information content (AvgIpc) is 3.46. The van der Waals surface area contributed by atoms with Crippen LogP contribution in [0.1, 0.15) is 25.7 Å². The molecule has 2 aliphatic heterocycles. The summed E-state index contributed by atoms with van der Waals surface area (Å²) in [6.45, 7) is 0.0847. The number of nitrogens with zero attached hydrogens (tertiary/aromatic N) is 2. The Hall–Kier alpha value is -3.50. The smallest absolute Gasteiger partial charge is 0.326 e. The summed E-state index contributed by atoms with van der Waals surface area (Å²) in [6, 6.07) is 2.87. The molecule has 1 aromatic rings. The monoisotopic (exact) mass is 450 g/mol. The van der Waals surface area contributed by atoms with E-state index in [0.29, 0.717) is 44.5 Å². The second kappa shape index (κ2) is 10.2. The summed E-state index contributed by atoms with van der Waals surface area (Å²) in [5.41, 5.74) is 0. The van der Waals surface area contributed by atoms with Gasteiger partial charge in [0.2, 0.25) is 0 Å². The van der Waals surface area contributed by atoms with E-state index in [0.717, 1.165) is 0 Å². The van der Waals surface area contributed by atoms with E-state index in [1.807, 2.05) is 0 Å². The minimum atomic E-state index is -1.03. The number of likely N-dealkylation sites (tertiary alicyclic amines) is 2. The van der Waals surface area contributed by atoms with E-state index in [1.54, 1.807) is 0 Å². The Kier molecular flexibility index (Phi) is 7.39. The zero-order valence-corrected chi connectivity index (χ0v) is 17.7. The highest BCUT2D eigenvalue weighted by Crippen LogP contribution is 2.31. The predicted molar refractivity (Wildman–Crippen MR) is 109 cm³/mol. The molecule has 2 atom stereocenters. The van der Waals surface area contributed by atoms with E-state index in [4.69, 9.17) is 14.2 Å². The van der Waals surface area contributed by atoms with Gasteiger partial charge < -0.3 is 34.2 Å². The van der Waals surface area contributed by atoms with Gasteiger partial charge in [-0.05, 0) is 37.8 Å². The highest BCUT2D eigenvalue weighted by atomic mass is 16.5. The number of rotatable bonds is 9. The van der Waals surface area contributed by atoms with Crippen molar-refractivity contribution in [2.75, 3.05) is 33.4 Å². The number of hydrogen-bond acceptors (Lipinski definition) is 7. The third kappa shape index (κ3) is 5.21. The van der Waals surface area contributed by atoms with E-state index < -0.39 is 35.8 Å². The molecule has 0 unspecified atom stereocenters. The molecule has 0 aliphatic carbocycles. The van der Waals surface area contributed by atoms with Crippen molar-refractivity contribution in [1.29, 1.82) is 0 Å². The minimum absolute atomic E-state index is 0.260. The number of aliphatic carboxylic acids is 2. The van der Waals surface area contributed by atoms with Crippen LogP contribution in [0.4, 0.5) is 0 Å². The molecular formula is C21H26N2O9. The SMILES string of the molecule is COc1cc(OCC(=O)N2CCC[C@@H]2C(=O)O)ccc1OCC(=O)N1CCC[C@@H]1C(=O)O. The largest absolute Gasteiger partial charge is 0.493 e. The standard InChI is InChI=1S/C21H26N2O9/c1-30-17-10-13(31-11-18(24)22-8-2-4-14(22)20(26)27)6-7-16(17)32-12-19(25)23-9-3-5-15(23)21(28)29/h6-7,10,14-15H,2-5,8-9,11-12H2,1H3,(H,26,27)(H,28,29)/t14-,15-/m1/s1. The van der Waals surface area contributed by atoms with Gasteiger partial charge in [-0.2, -0.15) is 0 Å². The maximum atomic E-state index is 12.4. The lowest BCUT2D eigenvalue weighted by Crippen LogP contribution is -2.42. The number of carboxylic acid groups (broad SMARTS) is 2. The first-order valence-corrected chi connectivity index (χ1v) is 10.3. The zero-order chi connectivity index (χ0) is 23.3. The lowest BCUT2D eigenvalue weighted by Gasteiger charge is -2.22. The quantitative estimate of drug-likeness (QED) is 0.553. The molecule has 0 saturated carbocycles. The molecule has 174 valence electrons. The predicted octanol–water partition coefficient (Wildman–Crippen LogP) is 0.604. The number of benzene rings is 1. The number of ether oxygens (including phenoxy) is 3. The van der Waals surface area contributed by atoms with Crippen LogP contribution in [0.3, 0.4) is 0 Å². The van der Waals surface area contributed by atoms with E-state index in [-0.39, 0.29) is 24.7 Å². The first-order valence-electron chi connectivity index (χ1n) is 10.3. The topological polar surface area (TPSA) is 143 Å². The summed E-state index contributed by atoms with van der Waals surface area (Å²) in [6.07, 6.45) is 2.09. The Morgan fingerprint density at radius 2 is 1.41 bits per heavy atom.